The van der Waals surface area contributed by atoms with Crippen LogP contribution >= 0.6 is 0 Å². The topological polar surface area (TPSA) is 90.9 Å². The summed E-state index contributed by atoms with van der Waals surface area (Å²) < 4.78 is 7.56. The first-order valence-electron chi connectivity index (χ1n) is 8.49. The minimum atomic E-state index is 0.155. The van der Waals surface area contributed by atoms with Gasteiger partial charge < -0.3 is 15.8 Å². The lowest BCUT2D eigenvalue weighted by Gasteiger charge is -2.11. The van der Waals surface area contributed by atoms with Crippen LogP contribution in [0.1, 0.15) is 31.3 Å². The molecule has 7 heteroatoms. The molecular weight excluding hydrogens is 328 g/mol. The molecule has 0 radical (unpaired) electrons. The van der Waals surface area contributed by atoms with Crippen molar-refractivity contribution in [3.63, 3.8) is 0 Å². The van der Waals surface area contributed by atoms with Gasteiger partial charge in [-0.2, -0.15) is 5.10 Å². The van der Waals surface area contributed by atoms with Crippen LogP contribution in [0.3, 0.4) is 0 Å². The number of hydrogen-bond donors (Lipinski definition) is 2. The second-order valence-electron chi connectivity index (χ2n) is 6.50. The zero-order valence-electron chi connectivity index (χ0n) is 15.8. The molecule has 0 saturated heterocycles. The zero-order chi connectivity index (χ0) is 19.0. The van der Waals surface area contributed by atoms with Gasteiger partial charge in [-0.15, -0.1) is 0 Å². The third kappa shape index (κ3) is 3.08. The zero-order valence-corrected chi connectivity index (χ0v) is 15.8. The van der Waals surface area contributed by atoms with Crippen LogP contribution in [-0.4, -0.2) is 26.8 Å². The first-order valence-corrected chi connectivity index (χ1v) is 8.49. The van der Waals surface area contributed by atoms with E-state index < -0.39 is 0 Å². The molecule has 0 fully saturated rings. The summed E-state index contributed by atoms with van der Waals surface area (Å²) in [4.78, 5) is 8.88. The second-order valence-corrected chi connectivity index (χ2v) is 6.50. The van der Waals surface area contributed by atoms with Crippen LogP contribution in [0.15, 0.2) is 30.7 Å². The Hall–Kier alpha value is -3.09. The quantitative estimate of drug-likeness (QED) is 0.684. The number of rotatable bonds is 5. The van der Waals surface area contributed by atoms with Crippen LogP contribution in [0.25, 0.3) is 22.3 Å². The van der Waals surface area contributed by atoms with Gasteiger partial charge in [0, 0.05) is 18.7 Å². The number of nitrogens with two attached hydrogens (primary N) is 1. The fraction of sp³-hybridized carbons (Fsp3) is 0.316. The van der Waals surface area contributed by atoms with Gasteiger partial charge in [0.25, 0.3) is 0 Å². The number of anilines is 1. The van der Waals surface area contributed by atoms with Crippen LogP contribution in [0, 0.1) is 13.8 Å². The van der Waals surface area contributed by atoms with Gasteiger partial charge >= 0.3 is 0 Å². The van der Waals surface area contributed by atoms with E-state index in [1.165, 1.54) is 0 Å². The monoisotopic (exact) mass is 352 g/mol. The maximum absolute atomic E-state index is 6.21. The molecule has 0 amide bonds. The van der Waals surface area contributed by atoms with E-state index in [0.717, 1.165) is 33.6 Å². The minimum Gasteiger partial charge on any atom is -0.442 e. The van der Waals surface area contributed by atoms with Gasteiger partial charge in [0.05, 0.1) is 5.39 Å². The molecule has 0 atom stereocenters. The fourth-order valence-corrected chi connectivity index (χ4v) is 2.83. The van der Waals surface area contributed by atoms with E-state index in [1.807, 2.05) is 36.7 Å². The molecule has 0 spiro atoms. The number of nitrogen functional groups attached to an aromatic ring is 1. The highest BCUT2D eigenvalue weighted by molar-refractivity contribution is 5.98. The molecule has 0 saturated carbocycles. The van der Waals surface area contributed by atoms with Gasteiger partial charge in [0.2, 0.25) is 0 Å². The maximum Gasteiger partial charge on any atom is 0.185 e. The summed E-state index contributed by atoms with van der Waals surface area (Å²) in [5.41, 5.74) is 9.64. The van der Waals surface area contributed by atoms with Gasteiger partial charge in [-0.05, 0) is 58.0 Å². The van der Waals surface area contributed by atoms with Crippen LogP contribution in [0.5, 0.6) is 5.75 Å². The lowest BCUT2D eigenvalue weighted by molar-refractivity contribution is 0.392. The summed E-state index contributed by atoms with van der Waals surface area (Å²) >= 11 is 0. The molecule has 0 aliphatic rings. The number of aryl methyl sites for hydroxylation is 2. The van der Waals surface area contributed by atoms with Crippen molar-refractivity contribution >= 4 is 16.9 Å². The van der Waals surface area contributed by atoms with Crippen molar-refractivity contribution < 1.29 is 4.74 Å². The number of nitrogens with one attached hydrogen (secondary N) is 1. The van der Waals surface area contributed by atoms with Gasteiger partial charge in [0.1, 0.15) is 23.1 Å². The SMILES string of the molecule is C=C(NC)Oc1ccc(-c2nn(C(C)C)c3nc(C)nc(N)c23)cc1C. The number of aromatic nitrogens is 4. The second kappa shape index (κ2) is 6.67. The number of nitrogens with zero attached hydrogens (tertiary/aromatic N) is 4. The molecule has 136 valence electrons. The highest BCUT2D eigenvalue weighted by Gasteiger charge is 2.20. The molecule has 3 N–H and O–H groups in total. The van der Waals surface area contributed by atoms with Crippen LogP contribution in [-0.2, 0) is 0 Å². The number of fused-ring (bicyclic) bond motifs is 1. The Morgan fingerprint density at radius 2 is 2.00 bits per heavy atom. The average molecular weight is 352 g/mol. The Morgan fingerprint density at radius 1 is 1.27 bits per heavy atom. The van der Waals surface area contributed by atoms with Crippen LogP contribution < -0.4 is 15.8 Å². The smallest absolute Gasteiger partial charge is 0.185 e. The molecule has 0 bridgehead atoms. The van der Waals surface area contributed by atoms with E-state index in [0.29, 0.717) is 17.5 Å². The van der Waals surface area contributed by atoms with Crippen molar-refractivity contribution in [1.82, 2.24) is 25.1 Å². The first-order chi connectivity index (χ1) is 12.3. The molecule has 2 aromatic heterocycles. The first kappa shape index (κ1) is 17.7. The van der Waals surface area contributed by atoms with E-state index >= 15 is 0 Å². The lowest BCUT2D eigenvalue weighted by Crippen LogP contribution is -2.10. The van der Waals surface area contributed by atoms with E-state index in [2.05, 4.69) is 35.7 Å². The predicted molar refractivity (Wildman–Crippen MR) is 104 cm³/mol. The van der Waals surface area contributed by atoms with Crippen molar-refractivity contribution in [2.45, 2.75) is 33.7 Å². The molecule has 0 aliphatic heterocycles. The molecule has 0 aliphatic carbocycles. The average Bonchev–Trinajstić information content (AvgIpc) is 2.96. The summed E-state index contributed by atoms with van der Waals surface area (Å²) in [7, 11) is 1.77. The van der Waals surface area contributed by atoms with Crippen molar-refractivity contribution in [3.8, 4) is 17.0 Å². The highest BCUT2D eigenvalue weighted by Crippen LogP contribution is 2.34. The molecule has 7 nitrogen and oxygen atoms in total. The summed E-state index contributed by atoms with van der Waals surface area (Å²) in [6.07, 6.45) is 0. The minimum absolute atomic E-state index is 0.155. The fourth-order valence-electron chi connectivity index (χ4n) is 2.83. The Kier molecular flexibility index (Phi) is 4.54. The van der Waals surface area contributed by atoms with Gasteiger partial charge in [-0.3, -0.25) is 0 Å². The molecule has 2 heterocycles. The summed E-state index contributed by atoms with van der Waals surface area (Å²) in [6, 6.07) is 6.03. The van der Waals surface area contributed by atoms with Gasteiger partial charge in [0.15, 0.2) is 11.5 Å². The molecular formula is C19H24N6O. The number of hydrogen-bond acceptors (Lipinski definition) is 6. The Labute approximate surface area is 152 Å². The summed E-state index contributed by atoms with van der Waals surface area (Å²) in [5.74, 6) is 2.30. The van der Waals surface area contributed by atoms with E-state index in [9.17, 15) is 0 Å². The van der Waals surface area contributed by atoms with Crippen molar-refractivity contribution in [1.29, 1.82) is 0 Å². The Balaban J connectivity index is 2.17. The van der Waals surface area contributed by atoms with E-state index in [-0.39, 0.29) is 6.04 Å². The highest BCUT2D eigenvalue weighted by atomic mass is 16.5. The van der Waals surface area contributed by atoms with E-state index in [4.69, 9.17) is 15.6 Å². The third-order valence-electron chi connectivity index (χ3n) is 4.14. The van der Waals surface area contributed by atoms with Gasteiger partial charge in [-0.1, -0.05) is 0 Å². The number of benzene rings is 1. The largest absolute Gasteiger partial charge is 0.442 e. The molecule has 1 aromatic carbocycles. The lowest BCUT2D eigenvalue weighted by atomic mass is 10.1. The van der Waals surface area contributed by atoms with Crippen molar-refractivity contribution in [3.05, 3.63) is 42.0 Å². The normalized spacial score (nSPS) is 11.2. The Bertz CT molecular complexity index is 989. The summed E-state index contributed by atoms with van der Waals surface area (Å²) in [6.45, 7) is 11.7. The Morgan fingerprint density at radius 3 is 2.62 bits per heavy atom. The standard InChI is InChI=1S/C19H24N6O/c1-10(2)25-19-16(18(20)22-12(4)23-19)17(24-25)14-7-8-15(11(3)9-14)26-13(5)21-6/h7-10,21H,5H2,1-4,6H3,(H2,20,22,23). The molecule has 26 heavy (non-hydrogen) atoms. The van der Waals surface area contributed by atoms with Crippen LogP contribution in [0.2, 0.25) is 0 Å². The van der Waals surface area contributed by atoms with Crippen molar-refractivity contribution in [2.24, 2.45) is 0 Å². The molecule has 3 rings (SSSR count). The molecule has 3 aromatic rings. The predicted octanol–water partition coefficient (Wildman–Crippen LogP) is 3.34. The van der Waals surface area contributed by atoms with Crippen molar-refractivity contribution in [2.75, 3.05) is 12.8 Å². The third-order valence-corrected chi connectivity index (χ3v) is 4.14. The van der Waals surface area contributed by atoms with Gasteiger partial charge in [-0.25, -0.2) is 14.6 Å². The summed E-state index contributed by atoms with van der Waals surface area (Å²) in [5, 5.41) is 8.42. The number of ether oxygens (including phenoxy) is 1. The van der Waals surface area contributed by atoms with Crippen LogP contribution in [0.4, 0.5) is 5.82 Å². The molecule has 0 unspecified atom stereocenters. The maximum atomic E-state index is 6.21. The van der Waals surface area contributed by atoms with E-state index in [1.54, 1.807) is 7.05 Å².